The molecule has 0 aliphatic heterocycles. The van der Waals surface area contributed by atoms with Gasteiger partial charge in [-0.1, -0.05) is 20.8 Å². The number of hydrogen-bond donors (Lipinski definition) is 1. The van der Waals surface area contributed by atoms with E-state index in [1.807, 2.05) is 30.9 Å². The van der Waals surface area contributed by atoms with Crippen molar-refractivity contribution in [1.82, 2.24) is 9.88 Å². The molecule has 1 amide bonds. The molecule has 0 saturated heterocycles. The minimum absolute atomic E-state index is 0.0929. The van der Waals surface area contributed by atoms with Crippen molar-refractivity contribution >= 4 is 11.7 Å². The molecule has 1 rings (SSSR count). The van der Waals surface area contributed by atoms with Gasteiger partial charge in [0.15, 0.2) is 0 Å². The Morgan fingerprint density at radius 2 is 1.90 bits per heavy atom. The highest BCUT2D eigenvalue weighted by Crippen LogP contribution is 2.20. The van der Waals surface area contributed by atoms with Crippen LogP contribution in [-0.2, 0) is 0 Å². The fourth-order valence-corrected chi connectivity index (χ4v) is 2.28. The molecule has 21 heavy (non-hydrogen) atoms. The third kappa shape index (κ3) is 4.45. The largest absolute Gasteiger partial charge is 0.370 e. The third-order valence-corrected chi connectivity index (χ3v) is 3.77. The quantitative estimate of drug-likeness (QED) is 0.828. The summed E-state index contributed by atoms with van der Waals surface area (Å²) in [6, 6.07) is 4.04. The summed E-state index contributed by atoms with van der Waals surface area (Å²) in [5, 5.41) is 3.22. The number of anilines is 1. The number of pyridine rings is 1. The minimum atomic E-state index is 0.0929. The summed E-state index contributed by atoms with van der Waals surface area (Å²) < 4.78 is 0. The zero-order valence-electron chi connectivity index (χ0n) is 14.2. The zero-order chi connectivity index (χ0) is 16.0. The van der Waals surface area contributed by atoms with Crippen molar-refractivity contribution in [3.8, 4) is 0 Å². The number of amides is 1. The van der Waals surface area contributed by atoms with Crippen LogP contribution in [0.2, 0.25) is 0 Å². The number of rotatable bonds is 7. The van der Waals surface area contributed by atoms with E-state index < -0.39 is 0 Å². The second kappa shape index (κ2) is 8.01. The second-order valence-corrected chi connectivity index (χ2v) is 5.70. The standard InChI is InChI=1S/C17H29N3O/c1-7-13(6)20(9-3)17(21)14-10-15(12(4)5)19-16(11-14)18-8-2/h10-13H,7-9H2,1-6H3,(H,18,19). The lowest BCUT2D eigenvalue weighted by Crippen LogP contribution is -2.38. The fourth-order valence-electron chi connectivity index (χ4n) is 2.28. The Kier molecular flexibility index (Phi) is 6.66. The Labute approximate surface area is 129 Å². The van der Waals surface area contributed by atoms with Crippen LogP contribution >= 0.6 is 0 Å². The van der Waals surface area contributed by atoms with E-state index in [-0.39, 0.29) is 11.9 Å². The normalized spacial score (nSPS) is 12.3. The van der Waals surface area contributed by atoms with Crippen molar-refractivity contribution in [1.29, 1.82) is 0 Å². The lowest BCUT2D eigenvalue weighted by atomic mass is 10.1. The van der Waals surface area contributed by atoms with Crippen molar-refractivity contribution in [2.75, 3.05) is 18.4 Å². The SMILES string of the molecule is CCNc1cc(C(=O)N(CC)C(C)CC)cc(C(C)C)n1. The number of nitrogens with one attached hydrogen (secondary N) is 1. The van der Waals surface area contributed by atoms with Crippen LogP contribution in [0.4, 0.5) is 5.82 Å². The molecule has 0 radical (unpaired) electrons. The summed E-state index contributed by atoms with van der Waals surface area (Å²) in [6.45, 7) is 14.0. The Balaban J connectivity index is 3.17. The van der Waals surface area contributed by atoms with Gasteiger partial charge in [-0.25, -0.2) is 4.98 Å². The van der Waals surface area contributed by atoms with E-state index in [1.54, 1.807) is 0 Å². The van der Waals surface area contributed by atoms with Gasteiger partial charge >= 0.3 is 0 Å². The van der Waals surface area contributed by atoms with E-state index in [0.29, 0.717) is 5.92 Å². The first-order valence-electron chi connectivity index (χ1n) is 8.01. The lowest BCUT2D eigenvalue weighted by molar-refractivity contribution is 0.0699. The first-order chi connectivity index (χ1) is 9.94. The zero-order valence-corrected chi connectivity index (χ0v) is 14.2. The van der Waals surface area contributed by atoms with E-state index in [1.165, 1.54) is 0 Å². The lowest BCUT2D eigenvalue weighted by Gasteiger charge is -2.27. The van der Waals surface area contributed by atoms with Gasteiger partial charge in [-0.2, -0.15) is 0 Å². The van der Waals surface area contributed by atoms with Crippen LogP contribution in [0.3, 0.4) is 0 Å². The van der Waals surface area contributed by atoms with E-state index in [9.17, 15) is 4.79 Å². The molecule has 0 aliphatic carbocycles. The molecule has 4 heteroatoms. The van der Waals surface area contributed by atoms with Crippen LogP contribution in [0.15, 0.2) is 12.1 Å². The van der Waals surface area contributed by atoms with Gasteiger partial charge in [0.1, 0.15) is 5.82 Å². The highest BCUT2D eigenvalue weighted by Gasteiger charge is 2.20. The van der Waals surface area contributed by atoms with Crippen LogP contribution in [0, 0.1) is 0 Å². The average molecular weight is 291 g/mol. The summed E-state index contributed by atoms with van der Waals surface area (Å²) in [7, 11) is 0. The average Bonchev–Trinajstić information content (AvgIpc) is 2.47. The summed E-state index contributed by atoms with van der Waals surface area (Å²) in [5.41, 5.74) is 1.68. The van der Waals surface area contributed by atoms with E-state index in [4.69, 9.17) is 0 Å². The molecule has 118 valence electrons. The summed E-state index contributed by atoms with van der Waals surface area (Å²) in [5.74, 6) is 1.18. The van der Waals surface area contributed by atoms with E-state index >= 15 is 0 Å². The maximum atomic E-state index is 12.8. The van der Waals surface area contributed by atoms with Gasteiger partial charge in [-0.05, 0) is 45.2 Å². The fraction of sp³-hybridized carbons (Fsp3) is 0.647. The van der Waals surface area contributed by atoms with Crippen LogP contribution in [0.25, 0.3) is 0 Å². The monoisotopic (exact) mass is 291 g/mol. The Hall–Kier alpha value is -1.58. The summed E-state index contributed by atoms with van der Waals surface area (Å²) in [4.78, 5) is 19.3. The number of aromatic nitrogens is 1. The Bertz CT molecular complexity index is 471. The predicted octanol–water partition coefficient (Wildman–Crippen LogP) is 3.90. The minimum Gasteiger partial charge on any atom is -0.370 e. The van der Waals surface area contributed by atoms with Crippen molar-refractivity contribution in [3.05, 3.63) is 23.4 Å². The van der Waals surface area contributed by atoms with Gasteiger partial charge in [0.2, 0.25) is 0 Å². The highest BCUT2D eigenvalue weighted by molar-refractivity contribution is 5.95. The molecule has 1 atom stereocenters. The van der Waals surface area contributed by atoms with E-state index in [0.717, 1.165) is 36.6 Å². The maximum Gasteiger partial charge on any atom is 0.254 e. The maximum absolute atomic E-state index is 12.8. The molecule has 0 aromatic carbocycles. The Morgan fingerprint density at radius 3 is 2.38 bits per heavy atom. The van der Waals surface area contributed by atoms with Gasteiger partial charge in [-0.15, -0.1) is 0 Å². The van der Waals surface area contributed by atoms with Gasteiger partial charge in [0.25, 0.3) is 5.91 Å². The smallest absolute Gasteiger partial charge is 0.254 e. The molecule has 1 N–H and O–H groups in total. The summed E-state index contributed by atoms with van der Waals surface area (Å²) >= 11 is 0. The van der Waals surface area contributed by atoms with Gasteiger partial charge in [0.05, 0.1) is 0 Å². The third-order valence-electron chi connectivity index (χ3n) is 3.77. The predicted molar refractivity (Wildman–Crippen MR) is 89.0 cm³/mol. The van der Waals surface area contributed by atoms with Crippen molar-refractivity contribution in [3.63, 3.8) is 0 Å². The topological polar surface area (TPSA) is 45.2 Å². The van der Waals surface area contributed by atoms with Crippen LogP contribution in [0.1, 0.15) is 69.9 Å². The molecule has 0 aliphatic rings. The van der Waals surface area contributed by atoms with Crippen LogP contribution in [0.5, 0.6) is 0 Å². The van der Waals surface area contributed by atoms with Crippen molar-refractivity contribution in [2.24, 2.45) is 0 Å². The number of hydrogen-bond acceptors (Lipinski definition) is 3. The molecular weight excluding hydrogens is 262 g/mol. The second-order valence-electron chi connectivity index (χ2n) is 5.70. The highest BCUT2D eigenvalue weighted by atomic mass is 16.2. The molecule has 0 bridgehead atoms. The number of carbonyl (C=O) groups excluding carboxylic acids is 1. The number of nitrogens with zero attached hydrogens (tertiary/aromatic N) is 2. The van der Waals surface area contributed by atoms with Crippen LogP contribution < -0.4 is 5.32 Å². The van der Waals surface area contributed by atoms with Crippen molar-refractivity contribution < 1.29 is 4.79 Å². The molecule has 4 nitrogen and oxygen atoms in total. The van der Waals surface area contributed by atoms with Crippen LogP contribution in [-0.4, -0.2) is 34.9 Å². The molecule has 1 aromatic heterocycles. The molecule has 1 unspecified atom stereocenters. The first kappa shape index (κ1) is 17.5. The molecule has 1 heterocycles. The molecule has 1 aromatic rings. The van der Waals surface area contributed by atoms with Gasteiger partial charge < -0.3 is 10.2 Å². The molecular formula is C17H29N3O. The Morgan fingerprint density at radius 1 is 1.24 bits per heavy atom. The number of carbonyl (C=O) groups is 1. The van der Waals surface area contributed by atoms with Crippen molar-refractivity contribution in [2.45, 2.75) is 59.9 Å². The molecule has 0 saturated carbocycles. The first-order valence-corrected chi connectivity index (χ1v) is 8.01. The van der Waals surface area contributed by atoms with Gasteiger partial charge in [-0.3, -0.25) is 4.79 Å². The summed E-state index contributed by atoms with van der Waals surface area (Å²) in [6.07, 6.45) is 0.960. The van der Waals surface area contributed by atoms with E-state index in [2.05, 4.69) is 38.0 Å². The van der Waals surface area contributed by atoms with Gasteiger partial charge in [0, 0.05) is 30.4 Å². The molecule has 0 fully saturated rings. The molecule has 0 spiro atoms.